The molecule has 0 spiro atoms. The molecule has 1 aromatic rings. The number of fused-ring (bicyclic) bond motifs is 4. The van der Waals surface area contributed by atoms with Crippen molar-refractivity contribution < 1.29 is 9.47 Å². The molecule has 1 saturated heterocycles. The van der Waals surface area contributed by atoms with Gasteiger partial charge < -0.3 is 19.7 Å². The third kappa shape index (κ3) is 1.89. The highest BCUT2D eigenvalue weighted by molar-refractivity contribution is 9.10. The van der Waals surface area contributed by atoms with Gasteiger partial charge in [-0.3, -0.25) is 0 Å². The molecular formula is C13H15BrN2O2S. The standard InChI is InChI=1S/C13H15BrN2O2S/c1-13-6-9(15-12(19)16(13)2)8-4-7(14)5-10(17-3)11(8)18-13/h4-5,9H,6H2,1-3H3,(H,15,19). The molecule has 6 heteroatoms. The number of hydrogen-bond acceptors (Lipinski definition) is 3. The lowest BCUT2D eigenvalue weighted by Crippen LogP contribution is -2.63. The number of thiocarbonyl (C=S) groups is 1. The number of benzene rings is 1. The number of nitrogens with one attached hydrogen (secondary N) is 1. The van der Waals surface area contributed by atoms with Crippen LogP contribution in [0.4, 0.5) is 0 Å². The maximum Gasteiger partial charge on any atom is 0.184 e. The number of halogens is 1. The van der Waals surface area contributed by atoms with E-state index < -0.39 is 5.72 Å². The molecule has 0 amide bonds. The van der Waals surface area contributed by atoms with Crippen LogP contribution in [-0.4, -0.2) is 29.9 Å². The number of rotatable bonds is 1. The maximum atomic E-state index is 6.20. The fraction of sp³-hybridized carbons (Fsp3) is 0.462. The summed E-state index contributed by atoms with van der Waals surface area (Å²) in [5.41, 5.74) is 0.653. The second-order valence-corrected chi connectivity index (χ2v) is 6.37. The Hall–Kier alpha value is -1.01. The van der Waals surface area contributed by atoms with Gasteiger partial charge in [0.25, 0.3) is 0 Å². The van der Waals surface area contributed by atoms with Gasteiger partial charge in [-0.05, 0) is 31.3 Å². The van der Waals surface area contributed by atoms with Crippen molar-refractivity contribution in [2.45, 2.75) is 25.1 Å². The Morgan fingerprint density at radius 1 is 1.58 bits per heavy atom. The van der Waals surface area contributed by atoms with Crippen molar-refractivity contribution in [2.75, 3.05) is 14.2 Å². The van der Waals surface area contributed by atoms with Gasteiger partial charge in [0.15, 0.2) is 22.3 Å². The van der Waals surface area contributed by atoms with Crippen molar-refractivity contribution in [1.82, 2.24) is 10.2 Å². The van der Waals surface area contributed by atoms with Gasteiger partial charge in [0.1, 0.15) is 0 Å². The van der Waals surface area contributed by atoms with Gasteiger partial charge in [-0.1, -0.05) is 15.9 Å². The highest BCUT2D eigenvalue weighted by Gasteiger charge is 2.46. The van der Waals surface area contributed by atoms with E-state index in [4.69, 9.17) is 21.7 Å². The third-order valence-corrected chi connectivity index (χ3v) is 4.71. The lowest BCUT2D eigenvalue weighted by Gasteiger charge is -2.51. The second kappa shape index (κ2) is 4.24. The zero-order valence-electron chi connectivity index (χ0n) is 11.0. The third-order valence-electron chi connectivity index (χ3n) is 3.86. The molecule has 4 nitrogen and oxygen atoms in total. The van der Waals surface area contributed by atoms with Crippen LogP contribution in [0.25, 0.3) is 0 Å². The van der Waals surface area contributed by atoms with Crippen LogP contribution in [0, 0.1) is 0 Å². The van der Waals surface area contributed by atoms with E-state index in [0.29, 0.717) is 5.11 Å². The molecule has 0 aliphatic carbocycles. The Morgan fingerprint density at radius 2 is 2.32 bits per heavy atom. The summed E-state index contributed by atoms with van der Waals surface area (Å²) in [7, 11) is 3.60. The summed E-state index contributed by atoms with van der Waals surface area (Å²) in [4.78, 5) is 1.96. The van der Waals surface area contributed by atoms with E-state index in [1.165, 1.54) is 0 Å². The molecule has 0 saturated carbocycles. The topological polar surface area (TPSA) is 33.7 Å². The van der Waals surface area contributed by atoms with Gasteiger partial charge >= 0.3 is 0 Å². The van der Waals surface area contributed by atoms with Crippen molar-refractivity contribution in [1.29, 1.82) is 0 Å². The van der Waals surface area contributed by atoms with Crippen molar-refractivity contribution in [2.24, 2.45) is 0 Å². The van der Waals surface area contributed by atoms with E-state index in [-0.39, 0.29) is 6.04 Å². The minimum Gasteiger partial charge on any atom is -0.493 e. The van der Waals surface area contributed by atoms with Crippen LogP contribution >= 0.6 is 28.1 Å². The molecule has 2 bridgehead atoms. The summed E-state index contributed by atoms with van der Waals surface area (Å²) in [5.74, 6) is 1.54. The molecule has 0 radical (unpaired) electrons. The molecule has 1 fully saturated rings. The van der Waals surface area contributed by atoms with E-state index in [1.807, 2.05) is 18.0 Å². The maximum absolute atomic E-state index is 6.20. The first-order chi connectivity index (χ1) is 8.94. The van der Waals surface area contributed by atoms with E-state index >= 15 is 0 Å². The smallest absolute Gasteiger partial charge is 0.184 e. The number of nitrogens with zero attached hydrogens (tertiary/aromatic N) is 1. The summed E-state index contributed by atoms with van der Waals surface area (Å²) in [6.45, 7) is 2.05. The van der Waals surface area contributed by atoms with Gasteiger partial charge in [0.2, 0.25) is 0 Å². The van der Waals surface area contributed by atoms with Gasteiger partial charge in [-0.25, -0.2) is 0 Å². The lowest BCUT2D eigenvalue weighted by molar-refractivity contribution is -0.0578. The summed E-state index contributed by atoms with van der Waals surface area (Å²) < 4.78 is 12.6. The Bertz CT molecular complexity index is 566. The average Bonchev–Trinajstić information content (AvgIpc) is 2.36. The van der Waals surface area contributed by atoms with Gasteiger partial charge in [-0.2, -0.15) is 0 Å². The van der Waals surface area contributed by atoms with Crippen molar-refractivity contribution in [3.05, 3.63) is 22.2 Å². The summed E-state index contributed by atoms with van der Waals surface area (Å²) >= 11 is 8.88. The Kier molecular flexibility index (Phi) is 2.90. The first-order valence-electron chi connectivity index (χ1n) is 6.05. The molecule has 2 heterocycles. The molecule has 2 atom stereocenters. The highest BCUT2D eigenvalue weighted by Crippen LogP contribution is 2.48. The molecule has 19 heavy (non-hydrogen) atoms. The Morgan fingerprint density at radius 3 is 3.00 bits per heavy atom. The van der Waals surface area contributed by atoms with Crippen molar-refractivity contribution >= 4 is 33.3 Å². The molecule has 1 N–H and O–H groups in total. The van der Waals surface area contributed by atoms with Crippen LogP contribution in [0.2, 0.25) is 0 Å². The SMILES string of the molecule is COc1cc(Br)cc2c1OC1(C)CC2NC(=S)N1C. The molecule has 2 aliphatic rings. The van der Waals surface area contributed by atoms with E-state index in [1.54, 1.807) is 7.11 Å². The molecule has 2 aliphatic heterocycles. The fourth-order valence-corrected chi connectivity index (χ4v) is 3.44. The molecular weight excluding hydrogens is 328 g/mol. The zero-order valence-corrected chi connectivity index (χ0v) is 13.4. The molecule has 1 aromatic carbocycles. The highest BCUT2D eigenvalue weighted by atomic mass is 79.9. The number of methoxy groups -OCH3 is 1. The minimum absolute atomic E-state index is 0.156. The summed E-state index contributed by atoms with van der Waals surface area (Å²) in [5, 5.41) is 4.07. The molecule has 3 rings (SSSR count). The monoisotopic (exact) mass is 342 g/mol. The van der Waals surface area contributed by atoms with Crippen LogP contribution in [0.1, 0.15) is 24.9 Å². The lowest BCUT2D eigenvalue weighted by atomic mass is 9.91. The predicted molar refractivity (Wildman–Crippen MR) is 80.6 cm³/mol. The first kappa shape index (κ1) is 13.0. The second-order valence-electron chi connectivity index (χ2n) is 5.07. The van der Waals surface area contributed by atoms with Crippen molar-refractivity contribution in [3.8, 4) is 11.5 Å². The minimum atomic E-state index is -0.429. The molecule has 102 valence electrons. The quantitative estimate of drug-likeness (QED) is 0.793. The van der Waals surface area contributed by atoms with Crippen LogP contribution in [0.3, 0.4) is 0 Å². The van der Waals surface area contributed by atoms with Gasteiger partial charge in [0.05, 0.1) is 13.2 Å². The predicted octanol–water partition coefficient (Wildman–Crippen LogP) is 2.82. The van der Waals surface area contributed by atoms with Crippen molar-refractivity contribution in [3.63, 3.8) is 0 Å². The van der Waals surface area contributed by atoms with E-state index in [9.17, 15) is 0 Å². The van der Waals surface area contributed by atoms with E-state index in [0.717, 1.165) is 28.0 Å². The van der Waals surface area contributed by atoms with Gasteiger partial charge in [-0.15, -0.1) is 0 Å². The molecule has 0 aromatic heterocycles. The van der Waals surface area contributed by atoms with Crippen LogP contribution < -0.4 is 14.8 Å². The Labute approximate surface area is 126 Å². The van der Waals surface area contributed by atoms with Crippen LogP contribution in [0.15, 0.2) is 16.6 Å². The fourth-order valence-electron chi connectivity index (χ4n) is 2.65. The average molecular weight is 343 g/mol. The van der Waals surface area contributed by atoms with Gasteiger partial charge in [0, 0.05) is 23.5 Å². The largest absolute Gasteiger partial charge is 0.493 e. The number of ether oxygens (including phenoxy) is 2. The molecule has 2 unspecified atom stereocenters. The van der Waals surface area contributed by atoms with E-state index in [2.05, 4.69) is 34.2 Å². The first-order valence-corrected chi connectivity index (χ1v) is 7.25. The summed E-state index contributed by atoms with van der Waals surface area (Å²) in [6.07, 6.45) is 0.843. The van der Waals surface area contributed by atoms with Crippen LogP contribution in [0.5, 0.6) is 11.5 Å². The Balaban J connectivity index is 2.16. The zero-order chi connectivity index (χ0) is 13.8. The summed E-state index contributed by atoms with van der Waals surface area (Å²) in [6, 6.07) is 4.13. The normalized spacial score (nSPS) is 28.3. The number of hydrogen-bond donors (Lipinski definition) is 1. The van der Waals surface area contributed by atoms with Crippen LogP contribution in [-0.2, 0) is 0 Å².